The highest BCUT2D eigenvalue weighted by Gasteiger charge is 2.43. The first-order chi connectivity index (χ1) is 10.1. The molecule has 1 unspecified atom stereocenters. The van der Waals surface area contributed by atoms with Crippen LogP contribution in [-0.4, -0.2) is 26.4 Å². The third-order valence-corrected chi connectivity index (χ3v) is 10.2. The lowest BCUT2D eigenvalue weighted by molar-refractivity contribution is 0.0975. The minimum Gasteiger partial charge on any atom is -0.414 e. The SMILES string of the molecule is CC(C)(C)[Si](C)(C)O[C@H]1CC[C@H](C2(N)N=CNC=C2N)CC1. The van der Waals surface area contributed by atoms with Crippen molar-refractivity contribution in [1.29, 1.82) is 0 Å². The fraction of sp³-hybridized carbons (Fsp3) is 0.812. The van der Waals surface area contributed by atoms with Gasteiger partial charge in [-0.15, -0.1) is 0 Å². The molecular weight excluding hydrogens is 292 g/mol. The molecule has 1 atom stereocenters. The van der Waals surface area contributed by atoms with Crippen molar-refractivity contribution in [3.63, 3.8) is 0 Å². The summed E-state index contributed by atoms with van der Waals surface area (Å²) in [6.45, 7) is 11.5. The van der Waals surface area contributed by atoms with Crippen LogP contribution >= 0.6 is 0 Å². The van der Waals surface area contributed by atoms with Crippen molar-refractivity contribution in [3.05, 3.63) is 11.9 Å². The highest BCUT2D eigenvalue weighted by Crippen LogP contribution is 2.41. The van der Waals surface area contributed by atoms with Gasteiger partial charge in [0.1, 0.15) is 0 Å². The Kier molecular flexibility index (Phi) is 4.76. The summed E-state index contributed by atoms with van der Waals surface area (Å²) in [5.41, 5.74) is 12.4. The average Bonchev–Trinajstić information content (AvgIpc) is 2.41. The summed E-state index contributed by atoms with van der Waals surface area (Å²) in [6, 6.07) is 0. The molecule has 1 aliphatic heterocycles. The topological polar surface area (TPSA) is 85.7 Å². The first-order valence-electron chi connectivity index (χ1n) is 8.29. The van der Waals surface area contributed by atoms with Gasteiger partial charge in [0.05, 0.1) is 12.0 Å². The number of nitrogens with two attached hydrogens (primary N) is 2. The van der Waals surface area contributed by atoms with Gasteiger partial charge in [0.2, 0.25) is 0 Å². The third kappa shape index (κ3) is 3.39. The molecule has 5 N–H and O–H groups in total. The largest absolute Gasteiger partial charge is 0.414 e. The molecule has 2 rings (SSSR count). The van der Waals surface area contributed by atoms with Crippen LogP contribution in [-0.2, 0) is 4.43 Å². The van der Waals surface area contributed by atoms with Crippen LogP contribution in [0.25, 0.3) is 0 Å². The van der Waals surface area contributed by atoms with Crippen molar-refractivity contribution < 1.29 is 4.43 Å². The second-order valence-electron chi connectivity index (χ2n) is 8.20. The Morgan fingerprint density at radius 3 is 2.36 bits per heavy atom. The maximum Gasteiger partial charge on any atom is 0.192 e. The van der Waals surface area contributed by atoms with Gasteiger partial charge in [0, 0.05) is 18.2 Å². The number of hydrogen-bond donors (Lipinski definition) is 3. The standard InChI is InChI=1S/C16H32N4OSi/c1-15(2,3)22(4,5)21-13-8-6-12(7-9-13)16(18)14(17)10-19-11-20-16/h10-13H,6-9,17-18H2,1-5H3,(H,19,20)/t12-,13-,16?. The van der Waals surface area contributed by atoms with Crippen LogP contribution in [0.5, 0.6) is 0 Å². The minimum absolute atomic E-state index is 0.255. The van der Waals surface area contributed by atoms with Crippen LogP contribution in [0.4, 0.5) is 0 Å². The molecule has 0 spiro atoms. The van der Waals surface area contributed by atoms with E-state index in [-0.39, 0.29) is 5.04 Å². The number of nitrogens with one attached hydrogen (secondary N) is 1. The molecule has 0 bridgehead atoms. The van der Waals surface area contributed by atoms with Crippen LogP contribution in [0.3, 0.4) is 0 Å². The number of hydrogen-bond acceptors (Lipinski definition) is 5. The van der Waals surface area contributed by atoms with Gasteiger partial charge >= 0.3 is 0 Å². The van der Waals surface area contributed by atoms with E-state index < -0.39 is 14.0 Å². The van der Waals surface area contributed by atoms with E-state index in [4.69, 9.17) is 15.9 Å². The van der Waals surface area contributed by atoms with Crippen molar-refractivity contribution in [2.45, 2.75) is 76.4 Å². The smallest absolute Gasteiger partial charge is 0.192 e. The summed E-state index contributed by atoms with van der Waals surface area (Å²) in [5.74, 6) is 0.293. The Hall–Kier alpha value is -0.853. The molecule has 0 aromatic rings. The van der Waals surface area contributed by atoms with E-state index in [0.717, 1.165) is 25.7 Å². The number of rotatable bonds is 3. The molecule has 22 heavy (non-hydrogen) atoms. The predicted octanol–water partition coefficient (Wildman–Crippen LogP) is 2.65. The summed E-state index contributed by atoms with van der Waals surface area (Å²) < 4.78 is 6.54. The van der Waals surface area contributed by atoms with Crippen molar-refractivity contribution >= 4 is 14.7 Å². The molecule has 1 aliphatic carbocycles. The third-order valence-electron chi connectivity index (χ3n) is 5.62. The monoisotopic (exact) mass is 324 g/mol. The zero-order chi connectivity index (χ0) is 16.6. The number of aliphatic imine (C=N–C) groups is 1. The maximum absolute atomic E-state index is 6.54. The van der Waals surface area contributed by atoms with E-state index in [1.807, 2.05) is 0 Å². The Morgan fingerprint density at radius 2 is 1.86 bits per heavy atom. The van der Waals surface area contributed by atoms with Crippen molar-refractivity contribution in [3.8, 4) is 0 Å². The Bertz CT molecular complexity index is 461. The molecule has 6 heteroatoms. The Morgan fingerprint density at radius 1 is 1.27 bits per heavy atom. The van der Waals surface area contributed by atoms with Crippen LogP contribution < -0.4 is 16.8 Å². The van der Waals surface area contributed by atoms with Gasteiger partial charge in [-0.1, -0.05) is 20.8 Å². The lowest BCUT2D eigenvalue weighted by atomic mass is 9.78. The molecule has 5 nitrogen and oxygen atoms in total. The zero-order valence-electron chi connectivity index (χ0n) is 14.6. The van der Waals surface area contributed by atoms with Crippen molar-refractivity contribution in [1.82, 2.24) is 5.32 Å². The van der Waals surface area contributed by atoms with E-state index in [9.17, 15) is 0 Å². The summed E-state index contributed by atoms with van der Waals surface area (Å²) in [5, 5.41) is 3.16. The van der Waals surface area contributed by atoms with Gasteiger partial charge in [-0.05, 0) is 43.8 Å². The van der Waals surface area contributed by atoms with Crippen LogP contribution in [0, 0.1) is 5.92 Å². The van der Waals surface area contributed by atoms with Gasteiger partial charge < -0.3 is 21.2 Å². The lowest BCUT2D eigenvalue weighted by Crippen LogP contribution is -2.54. The van der Waals surface area contributed by atoms with Gasteiger partial charge in [0.25, 0.3) is 0 Å². The van der Waals surface area contributed by atoms with Crippen LogP contribution in [0.15, 0.2) is 16.9 Å². The van der Waals surface area contributed by atoms with Crippen molar-refractivity contribution in [2.24, 2.45) is 22.4 Å². The first-order valence-corrected chi connectivity index (χ1v) is 11.2. The molecular formula is C16H32N4OSi. The quantitative estimate of drug-likeness (QED) is 0.697. The summed E-state index contributed by atoms with van der Waals surface area (Å²) >= 11 is 0. The van der Waals surface area contributed by atoms with E-state index in [1.54, 1.807) is 12.5 Å². The molecule has 126 valence electrons. The molecule has 0 aromatic carbocycles. The van der Waals surface area contributed by atoms with Crippen LogP contribution in [0.2, 0.25) is 18.1 Å². The zero-order valence-corrected chi connectivity index (χ0v) is 15.6. The Labute approximate surface area is 135 Å². The maximum atomic E-state index is 6.54. The fourth-order valence-electron chi connectivity index (χ4n) is 3.02. The van der Waals surface area contributed by atoms with Gasteiger partial charge in [0.15, 0.2) is 14.0 Å². The van der Waals surface area contributed by atoms with E-state index in [2.05, 4.69) is 44.2 Å². The molecule has 0 saturated heterocycles. The predicted molar refractivity (Wildman–Crippen MR) is 94.8 cm³/mol. The molecule has 0 radical (unpaired) electrons. The van der Waals surface area contributed by atoms with E-state index in [0.29, 0.717) is 17.7 Å². The summed E-state index contributed by atoms with van der Waals surface area (Å²) in [7, 11) is -1.69. The second-order valence-corrected chi connectivity index (χ2v) is 13.0. The lowest BCUT2D eigenvalue weighted by Gasteiger charge is -2.44. The second kappa shape index (κ2) is 5.98. The fourth-order valence-corrected chi connectivity index (χ4v) is 4.44. The highest BCUT2D eigenvalue weighted by molar-refractivity contribution is 6.74. The average molecular weight is 325 g/mol. The highest BCUT2D eigenvalue weighted by atomic mass is 28.4. The van der Waals surface area contributed by atoms with E-state index in [1.165, 1.54) is 0 Å². The molecule has 0 amide bonds. The molecule has 0 aromatic heterocycles. The van der Waals surface area contributed by atoms with Crippen LogP contribution in [0.1, 0.15) is 46.5 Å². The summed E-state index contributed by atoms with van der Waals surface area (Å²) in [6.07, 6.45) is 7.89. The molecule has 1 saturated carbocycles. The molecule has 2 aliphatic rings. The van der Waals surface area contributed by atoms with Gasteiger partial charge in [-0.2, -0.15) is 0 Å². The van der Waals surface area contributed by atoms with Gasteiger partial charge in [-0.25, -0.2) is 4.99 Å². The van der Waals surface area contributed by atoms with Gasteiger partial charge in [-0.3, -0.25) is 0 Å². The Balaban J connectivity index is 1.95. The summed E-state index contributed by atoms with van der Waals surface area (Å²) in [4.78, 5) is 4.42. The molecule has 1 fully saturated rings. The first kappa shape index (κ1) is 17.5. The van der Waals surface area contributed by atoms with Crippen molar-refractivity contribution in [2.75, 3.05) is 0 Å². The molecule has 1 heterocycles. The number of nitrogens with zero attached hydrogens (tertiary/aromatic N) is 1. The normalized spacial score (nSPS) is 33.3. The van der Waals surface area contributed by atoms with E-state index >= 15 is 0 Å². The minimum atomic E-state index is -1.69.